The van der Waals surface area contributed by atoms with E-state index in [1.165, 1.54) is 5.56 Å². The highest BCUT2D eigenvalue weighted by Crippen LogP contribution is 2.32. The molecule has 0 fully saturated rings. The average Bonchev–Trinajstić information content (AvgIpc) is 3.43. The predicted octanol–water partition coefficient (Wildman–Crippen LogP) is 5.03. The van der Waals surface area contributed by atoms with Gasteiger partial charge in [-0.25, -0.2) is 4.79 Å². The molecule has 284 valence electrons. The number of hydrogen-bond donors (Lipinski definition) is 4. The molecule has 0 heterocycles. The quantitative estimate of drug-likeness (QED) is 0.128. The van der Waals surface area contributed by atoms with Crippen LogP contribution >= 0.6 is 0 Å². The number of alkyl carbamates (subject to hydrolysis) is 1. The Bertz CT molecular complexity index is 1500. The van der Waals surface area contributed by atoms with Crippen LogP contribution in [0.4, 0.5) is 4.79 Å². The maximum absolute atomic E-state index is 14.1. The third kappa shape index (κ3) is 13.3. The van der Waals surface area contributed by atoms with Crippen molar-refractivity contribution in [1.29, 1.82) is 0 Å². The largest absolute Gasteiger partial charge is 0.444 e. The van der Waals surface area contributed by atoms with Crippen molar-refractivity contribution in [2.75, 3.05) is 47.1 Å². The van der Waals surface area contributed by atoms with Gasteiger partial charge in [0.1, 0.15) is 5.60 Å². The van der Waals surface area contributed by atoms with Crippen LogP contribution in [0.5, 0.6) is 0 Å². The Morgan fingerprint density at radius 1 is 0.846 bits per heavy atom. The van der Waals surface area contributed by atoms with Gasteiger partial charge in [0.25, 0.3) is 0 Å². The molecule has 5 atom stereocenters. The lowest BCUT2D eigenvalue weighted by Gasteiger charge is -2.30. The summed E-state index contributed by atoms with van der Waals surface area (Å²) in [7, 11) is 3.43. The second kappa shape index (κ2) is 20.4. The van der Waals surface area contributed by atoms with E-state index < -0.39 is 41.9 Å². The Balaban J connectivity index is 1.50. The Morgan fingerprint density at radius 3 is 2.12 bits per heavy atom. The maximum Gasteiger partial charge on any atom is 0.407 e. The lowest BCUT2D eigenvalue weighted by Crippen LogP contribution is -2.48. The van der Waals surface area contributed by atoms with Crippen LogP contribution in [0.3, 0.4) is 0 Å². The normalized spacial score (nSPS) is 17.3. The Kier molecular flexibility index (Phi) is 16.1. The monoisotopic (exact) mass is 717 g/mol. The van der Waals surface area contributed by atoms with E-state index in [4.69, 9.17) is 14.2 Å². The van der Waals surface area contributed by atoms with Crippen molar-refractivity contribution in [2.45, 2.75) is 89.2 Å². The van der Waals surface area contributed by atoms with Crippen LogP contribution in [-0.4, -0.2) is 98.0 Å². The highest BCUT2D eigenvalue weighted by Gasteiger charge is 2.35. The molecule has 0 radical (unpaired) electrons. The number of ether oxygens (including phenoxy) is 3. The molecule has 1 aliphatic rings. The predicted molar refractivity (Wildman–Crippen MR) is 203 cm³/mol. The number of carbonyl (C=O) groups excluding carboxylic acids is 2. The van der Waals surface area contributed by atoms with Crippen molar-refractivity contribution in [3.05, 3.63) is 107 Å². The minimum absolute atomic E-state index is 0.0874. The molecule has 4 N–H and O–H groups in total. The highest BCUT2D eigenvalue weighted by molar-refractivity contribution is 5.80. The zero-order chi connectivity index (χ0) is 37.5. The standard InChI is InChI=1S/C42H59N3O7/c1-42(2,3)52-41(49)43-36(27-31-12-7-6-8-13-31)37(46)29-34(40(48)44-39-35-16-10-9-15-33(35)28-38(39)47)26-32-19-17-30(18-20-32)14-11-21-45(22-24-50-4)23-25-51-5/h6-10,12-13,15-20,34,36-39,46-47H,11,14,21-29H2,1-5H3,(H,43,49)(H,44,48)/t34-,36+,37+,38-,39+/m1/s1. The zero-order valence-electron chi connectivity index (χ0n) is 31.6. The first-order valence-electron chi connectivity index (χ1n) is 18.5. The highest BCUT2D eigenvalue weighted by atomic mass is 16.6. The van der Waals surface area contributed by atoms with Gasteiger partial charge in [-0.3, -0.25) is 9.69 Å². The molecule has 3 aromatic carbocycles. The van der Waals surface area contributed by atoms with Crippen molar-refractivity contribution < 1.29 is 34.0 Å². The summed E-state index contributed by atoms with van der Waals surface area (Å²) >= 11 is 0. The lowest BCUT2D eigenvalue weighted by molar-refractivity contribution is -0.127. The van der Waals surface area contributed by atoms with Crippen LogP contribution in [0.2, 0.25) is 0 Å². The molecule has 0 aromatic heterocycles. The lowest BCUT2D eigenvalue weighted by atomic mass is 9.88. The first kappa shape index (κ1) is 41.0. The molecular weight excluding hydrogens is 658 g/mol. The molecule has 10 heteroatoms. The van der Waals surface area contributed by atoms with Gasteiger partial charge in [-0.05, 0) is 87.2 Å². The van der Waals surface area contributed by atoms with Gasteiger partial charge in [0.15, 0.2) is 0 Å². The van der Waals surface area contributed by atoms with E-state index in [2.05, 4.69) is 39.8 Å². The number of aryl methyl sites for hydroxylation is 1. The second-order valence-corrected chi connectivity index (χ2v) is 14.9. The molecule has 2 amide bonds. The number of rotatable bonds is 20. The number of methoxy groups -OCH3 is 2. The van der Waals surface area contributed by atoms with Gasteiger partial charge in [-0.2, -0.15) is 0 Å². The van der Waals surface area contributed by atoms with E-state index in [9.17, 15) is 19.8 Å². The summed E-state index contributed by atoms with van der Waals surface area (Å²) in [5.74, 6) is -0.901. The van der Waals surface area contributed by atoms with Gasteiger partial charge in [0.2, 0.25) is 5.91 Å². The fraction of sp³-hybridized carbons (Fsp3) is 0.524. The van der Waals surface area contributed by atoms with Crippen molar-refractivity contribution in [3.63, 3.8) is 0 Å². The second-order valence-electron chi connectivity index (χ2n) is 14.9. The number of aliphatic hydroxyl groups is 2. The summed E-state index contributed by atoms with van der Waals surface area (Å²) in [5, 5.41) is 28.7. The fourth-order valence-electron chi connectivity index (χ4n) is 6.78. The molecule has 0 saturated carbocycles. The summed E-state index contributed by atoms with van der Waals surface area (Å²) in [6, 6.07) is 24.4. The Labute approximate surface area is 309 Å². The number of aliphatic hydroxyl groups excluding tert-OH is 2. The van der Waals surface area contributed by atoms with Crippen LogP contribution in [-0.2, 0) is 44.7 Å². The van der Waals surface area contributed by atoms with E-state index in [1.807, 2.05) is 54.6 Å². The molecule has 10 nitrogen and oxygen atoms in total. The molecule has 52 heavy (non-hydrogen) atoms. The summed E-state index contributed by atoms with van der Waals surface area (Å²) in [5.41, 5.74) is 4.31. The summed E-state index contributed by atoms with van der Waals surface area (Å²) < 4.78 is 16.1. The Morgan fingerprint density at radius 2 is 1.46 bits per heavy atom. The molecule has 0 bridgehead atoms. The van der Waals surface area contributed by atoms with Gasteiger partial charge in [-0.15, -0.1) is 0 Å². The topological polar surface area (TPSA) is 130 Å². The summed E-state index contributed by atoms with van der Waals surface area (Å²) in [6.07, 6.45) is 0.741. The van der Waals surface area contributed by atoms with Crippen molar-refractivity contribution in [1.82, 2.24) is 15.5 Å². The molecule has 0 unspecified atom stereocenters. The van der Waals surface area contributed by atoms with Gasteiger partial charge >= 0.3 is 6.09 Å². The molecule has 3 aromatic rings. The van der Waals surface area contributed by atoms with Gasteiger partial charge in [0, 0.05) is 39.6 Å². The molecular formula is C42H59N3O7. The molecule has 4 rings (SSSR count). The van der Waals surface area contributed by atoms with Crippen LogP contribution in [0.1, 0.15) is 67.5 Å². The molecule has 0 spiro atoms. The van der Waals surface area contributed by atoms with Crippen LogP contribution in [0.15, 0.2) is 78.9 Å². The van der Waals surface area contributed by atoms with Gasteiger partial charge < -0.3 is 35.1 Å². The number of nitrogens with zero attached hydrogens (tertiary/aromatic N) is 1. The third-order valence-corrected chi connectivity index (χ3v) is 9.53. The minimum atomic E-state index is -1.07. The van der Waals surface area contributed by atoms with Crippen molar-refractivity contribution in [3.8, 4) is 0 Å². The van der Waals surface area contributed by atoms with E-state index in [0.717, 1.165) is 54.7 Å². The fourth-order valence-corrected chi connectivity index (χ4v) is 6.78. The van der Waals surface area contributed by atoms with Crippen LogP contribution < -0.4 is 10.6 Å². The first-order valence-corrected chi connectivity index (χ1v) is 18.5. The number of hydrogen-bond acceptors (Lipinski definition) is 8. The van der Waals surface area contributed by atoms with E-state index in [-0.39, 0.29) is 12.3 Å². The average molecular weight is 718 g/mol. The van der Waals surface area contributed by atoms with Crippen molar-refractivity contribution in [2.24, 2.45) is 5.92 Å². The van der Waals surface area contributed by atoms with E-state index >= 15 is 0 Å². The molecule has 0 aliphatic heterocycles. The summed E-state index contributed by atoms with van der Waals surface area (Å²) in [4.78, 5) is 29.4. The number of nitrogens with one attached hydrogen (secondary N) is 2. The summed E-state index contributed by atoms with van der Waals surface area (Å²) in [6.45, 7) is 9.38. The number of carbonyl (C=O) groups is 2. The van der Waals surface area contributed by atoms with Crippen LogP contribution in [0, 0.1) is 5.92 Å². The van der Waals surface area contributed by atoms with E-state index in [0.29, 0.717) is 32.5 Å². The van der Waals surface area contributed by atoms with Crippen LogP contribution in [0.25, 0.3) is 0 Å². The Hall–Kier alpha value is -3.80. The third-order valence-electron chi connectivity index (χ3n) is 9.53. The first-order chi connectivity index (χ1) is 25.0. The van der Waals surface area contributed by atoms with Gasteiger partial charge in [0.05, 0.1) is 37.5 Å². The minimum Gasteiger partial charge on any atom is -0.444 e. The maximum atomic E-state index is 14.1. The van der Waals surface area contributed by atoms with Gasteiger partial charge in [-0.1, -0.05) is 78.9 Å². The van der Waals surface area contributed by atoms with E-state index in [1.54, 1.807) is 35.0 Å². The number of amides is 2. The molecule has 0 saturated heterocycles. The smallest absolute Gasteiger partial charge is 0.407 e. The van der Waals surface area contributed by atoms with Crippen molar-refractivity contribution >= 4 is 12.0 Å². The molecule has 1 aliphatic carbocycles. The SMILES string of the molecule is COCCN(CCCc1ccc(C[C@H](C[C@H](O)[C@H](Cc2ccccc2)NC(=O)OC(C)(C)C)C(=O)N[C@H]2c3ccccc3C[C@H]2O)cc1)CCOC. The zero-order valence-corrected chi connectivity index (χ0v) is 31.6. The number of fused-ring (bicyclic) bond motifs is 1. The number of benzene rings is 3.